The lowest BCUT2D eigenvalue weighted by Crippen LogP contribution is -2.11. The summed E-state index contributed by atoms with van der Waals surface area (Å²) in [6.45, 7) is 7.17. The number of benzene rings is 2. The minimum absolute atomic E-state index is 0.276. The number of anilines is 1. The second-order valence-corrected chi connectivity index (χ2v) is 8.21. The summed E-state index contributed by atoms with van der Waals surface area (Å²) in [6.07, 6.45) is 7.72. The summed E-state index contributed by atoms with van der Waals surface area (Å²) in [5.74, 6) is 0.957. The lowest BCUT2D eigenvalue weighted by atomic mass is 10.1. The molecule has 1 amide bonds. The largest absolute Gasteiger partial charge is 0.493 e. The fourth-order valence-electron chi connectivity index (χ4n) is 2.99. The van der Waals surface area contributed by atoms with E-state index in [1.165, 1.54) is 18.9 Å². The van der Waals surface area contributed by atoms with E-state index < -0.39 is 0 Å². The Kier molecular flexibility index (Phi) is 11.0. The summed E-state index contributed by atoms with van der Waals surface area (Å²) in [5.41, 5.74) is 1.86. The summed E-state index contributed by atoms with van der Waals surface area (Å²) in [4.78, 5) is 24.3. The first kappa shape index (κ1) is 26.0. The Morgan fingerprint density at radius 3 is 2.42 bits per heavy atom. The van der Waals surface area contributed by atoms with Gasteiger partial charge in [0, 0.05) is 11.8 Å². The van der Waals surface area contributed by atoms with E-state index in [9.17, 15) is 9.59 Å². The van der Waals surface area contributed by atoms with Gasteiger partial charge in [-0.2, -0.15) is 0 Å². The zero-order chi connectivity index (χ0) is 24.1. The van der Waals surface area contributed by atoms with Crippen molar-refractivity contribution in [2.24, 2.45) is 5.92 Å². The molecular weight excluding hydrogens is 418 g/mol. The van der Waals surface area contributed by atoms with Gasteiger partial charge in [-0.15, -0.1) is 0 Å². The number of rotatable bonds is 13. The number of nitrogens with one attached hydrogen (secondary N) is 1. The van der Waals surface area contributed by atoms with Crippen LogP contribution in [-0.4, -0.2) is 32.2 Å². The normalized spacial score (nSPS) is 10.9. The van der Waals surface area contributed by atoms with Crippen molar-refractivity contribution < 1.29 is 23.8 Å². The molecule has 0 aliphatic heterocycles. The van der Waals surface area contributed by atoms with Crippen LogP contribution in [0.4, 0.5) is 5.69 Å². The van der Waals surface area contributed by atoms with Crippen LogP contribution in [-0.2, 0) is 9.53 Å². The van der Waals surface area contributed by atoms with Crippen LogP contribution < -0.4 is 14.8 Å². The molecule has 2 aromatic rings. The molecule has 0 spiro atoms. The first-order chi connectivity index (χ1) is 15.9. The van der Waals surface area contributed by atoms with Crippen molar-refractivity contribution >= 4 is 23.6 Å². The lowest BCUT2D eigenvalue weighted by Gasteiger charge is -2.11. The molecule has 0 saturated heterocycles. The van der Waals surface area contributed by atoms with Gasteiger partial charge in [-0.1, -0.05) is 46.1 Å². The molecule has 0 radical (unpaired) electrons. The van der Waals surface area contributed by atoms with Crippen molar-refractivity contribution in [2.45, 2.75) is 46.5 Å². The summed E-state index contributed by atoms with van der Waals surface area (Å²) >= 11 is 0. The molecule has 0 aromatic heterocycles. The zero-order valence-electron chi connectivity index (χ0n) is 20.1. The fourth-order valence-corrected chi connectivity index (χ4v) is 2.99. The Hall–Kier alpha value is -3.28. The Morgan fingerprint density at radius 2 is 1.76 bits per heavy atom. The van der Waals surface area contributed by atoms with E-state index in [4.69, 9.17) is 14.2 Å². The van der Waals surface area contributed by atoms with E-state index >= 15 is 0 Å². The first-order valence-electron chi connectivity index (χ1n) is 11.5. The van der Waals surface area contributed by atoms with Gasteiger partial charge in [-0.25, -0.2) is 4.79 Å². The van der Waals surface area contributed by atoms with Crippen LogP contribution in [0.1, 0.15) is 62.4 Å². The highest BCUT2D eigenvalue weighted by Crippen LogP contribution is 2.29. The molecule has 6 nitrogen and oxygen atoms in total. The van der Waals surface area contributed by atoms with Crippen molar-refractivity contribution in [2.75, 3.05) is 25.6 Å². The molecule has 0 atom stereocenters. The molecule has 33 heavy (non-hydrogen) atoms. The van der Waals surface area contributed by atoms with Crippen molar-refractivity contribution in [1.29, 1.82) is 0 Å². The van der Waals surface area contributed by atoms with Gasteiger partial charge < -0.3 is 19.5 Å². The summed E-state index contributed by atoms with van der Waals surface area (Å²) in [5, 5.41) is 2.78. The predicted octanol–water partition coefficient (Wildman–Crippen LogP) is 6.12. The van der Waals surface area contributed by atoms with Crippen LogP contribution in [0.25, 0.3) is 6.08 Å². The summed E-state index contributed by atoms with van der Waals surface area (Å²) in [6, 6.07) is 12.2. The van der Waals surface area contributed by atoms with Gasteiger partial charge in [0.05, 0.1) is 25.9 Å². The SMILES string of the molecule is CCCCCCOc1ccc(/C=C/C(=O)Nc2ccc(C(=O)OCC(C)C)cc2)cc1OC. The molecule has 0 heterocycles. The zero-order valence-corrected chi connectivity index (χ0v) is 20.1. The van der Waals surface area contributed by atoms with Crippen LogP contribution in [0.15, 0.2) is 48.5 Å². The second kappa shape index (κ2) is 14.0. The van der Waals surface area contributed by atoms with Crippen LogP contribution in [0.2, 0.25) is 0 Å². The number of methoxy groups -OCH3 is 1. The number of ether oxygens (including phenoxy) is 3. The van der Waals surface area contributed by atoms with Gasteiger partial charge in [-0.3, -0.25) is 4.79 Å². The number of unbranched alkanes of at least 4 members (excludes halogenated alkanes) is 3. The average molecular weight is 454 g/mol. The van der Waals surface area contributed by atoms with Gasteiger partial charge in [-0.05, 0) is 60.4 Å². The molecule has 0 saturated carbocycles. The van der Waals surface area contributed by atoms with E-state index in [0.29, 0.717) is 36.0 Å². The second-order valence-electron chi connectivity index (χ2n) is 8.21. The van der Waals surface area contributed by atoms with E-state index in [1.54, 1.807) is 37.5 Å². The maximum absolute atomic E-state index is 12.3. The van der Waals surface area contributed by atoms with Gasteiger partial charge in [0.1, 0.15) is 0 Å². The predicted molar refractivity (Wildman–Crippen MR) is 132 cm³/mol. The average Bonchev–Trinajstić information content (AvgIpc) is 2.82. The lowest BCUT2D eigenvalue weighted by molar-refractivity contribution is -0.111. The molecular formula is C27H35NO5. The third-order valence-corrected chi connectivity index (χ3v) is 4.81. The highest BCUT2D eigenvalue weighted by Gasteiger charge is 2.09. The molecule has 2 rings (SSSR count). The molecule has 178 valence electrons. The van der Waals surface area contributed by atoms with Crippen molar-refractivity contribution in [3.63, 3.8) is 0 Å². The monoisotopic (exact) mass is 453 g/mol. The van der Waals surface area contributed by atoms with E-state index in [1.807, 2.05) is 32.0 Å². The Balaban J connectivity index is 1.89. The van der Waals surface area contributed by atoms with Crippen LogP contribution in [0.5, 0.6) is 11.5 Å². The Morgan fingerprint density at radius 1 is 1.00 bits per heavy atom. The maximum Gasteiger partial charge on any atom is 0.338 e. The number of hydrogen-bond acceptors (Lipinski definition) is 5. The number of amides is 1. The summed E-state index contributed by atoms with van der Waals surface area (Å²) in [7, 11) is 1.60. The third-order valence-electron chi connectivity index (χ3n) is 4.81. The molecule has 2 aromatic carbocycles. The Bertz CT molecular complexity index is 919. The Labute approximate surface area is 196 Å². The molecule has 0 unspecified atom stereocenters. The van der Waals surface area contributed by atoms with Gasteiger partial charge in [0.15, 0.2) is 11.5 Å². The van der Waals surface area contributed by atoms with Crippen molar-refractivity contribution in [1.82, 2.24) is 0 Å². The van der Waals surface area contributed by atoms with Gasteiger partial charge in [0.2, 0.25) is 5.91 Å². The molecule has 0 aliphatic carbocycles. The third kappa shape index (κ3) is 9.39. The van der Waals surface area contributed by atoms with Crippen molar-refractivity contribution in [3.05, 3.63) is 59.7 Å². The van der Waals surface area contributed by atoms with Gasteiger partial charge in [0.25, 0.3) is 0 Å². The number of carbonyl (C=O) groups excluding carboxylic acids is 2. The standard InChI is InChI=1S/C27H35NO5/c1-5-6-7-8-17-32-24-15-9-21(18-25(24)31-4)10-16-26(29)28-23-13-11-22(12-14-23)27(30)33-19-20(2)3/h9-16,18,20H,5-8,17,19H2,1-4H3,(H,28,29)/b16-10+. The molecule has 0 aliphatic rings. The van der Waals surface area contributed by atoms with E-state index in [2.05, 4.69) is 12.2 Å². The van der Waals surface area contributed by atoms with Crippen molar-refractivity contribution in [3.8, 4) is 11.5 Å². The molecule has 6 heteroatoms. The highest BCUT2D eigenvalue weighted by atomic mass is 16.5. The minimum atomic E-state index is -0.371. The number of esters is 1. The smallest absolute Gasteiger partial charge is 0.338 e. The van der Waals surface area contributed by atoms with Crippen LogP contribution >= 0.6 is 0 Å². The molecule has 1 N–H and O–H groups in total. The fraction of sp³-hybridized carbons (Fsp3) is 0.407. The number of hydrogen-bond donors (Lipinski definition) is 1. The van der Waals surface area contributed by atoms with E-state index in [0.717, 1.165) is 18.4 Å². The quantitative estimate of drug-likeness (QED) is 0.225. The van der Waals surface area contributed by atoms with Crippen LogP contribution in [0, 0.1) is 5.92 Å². The molecule has 0 fully saturated rings. The number of carbonyl (C=O) groups is 2. The minimum Gasteiger partial charge on any atom is -0.493 e. The maximum atomic E-state index is 12.3. The van der Waals surface area contributed by atoms with E-state index in [-0.39, 0.29) is 17.8 Å². The first-order valence-corrected chi connectivity index (χ1v) is 11.5. The molecule has 0 bridgehead atoms. The van der Waals surface area contributed by atoms with Crippen LogP contribution in [0.3, 0.4) is 0 Å². The highest BCUT2D eigenvalue weighted by molar-refractivity contribution is 6.02. The van der Waals surface area contributed by atoms with Gasteiger partial charge >= 0.3 is 5.97 Å². The summed E-state index contributed by atoms with van der Waals surface area (Å²) < 4.78 is 16.5. The topological polar surface area (TPSA) is 73.9 Å².